The topological polar surface area (TPSA) is 58.6 Å². The third kappa shape index (κ3) is 3.12. The van der Waals surface area contributed by atoms with E-state index in [0.29, 0.717) is 12.2 Å². The molecule has 0 saturated carbocycles. The van der Waals surface area contributed by atoms with Crippen molar-refractivity contribution < 1.29 is 14.6 Å². The van der Waals surface area contributed by atoms with Gasteiger partial charge in [-0.15, -0.1) is 0 Å². The number of phenols is 1. The molecule has 0 bridgehead atoms. The minimum atomic E-state index is -0.212. The number of benzene rings is 1. The van der Waals surface area contributed by atoms with Crippen LogP contribution in [0.3, 0.4) is 0 Å². The van der Waals surface area contributed by atoms with Gasteiger partial charge in [0.15, 0.2) is 0 Å². The van der Waals surface area contributed by atoms with Gasteiger partial charge in [0.05, 0.1) is 11.2 Å². The number of phenolic OH excluding ortho intramolecular Hbond substituents is 1. The Bertz CT molecular complexity index is 469. The molecule has 1 aliphatic rings. The standard InChI is InChI=1S/C16H23NO3/c1-3-16(4-2)11-12(9-10-20-16)17-15(19)13-7-5-6-8-14(13)18/h5-8,12,18H,3-4,9-11H2,1-2H3,(H,17,19). The van der Waals surface area contributed by atoms with Crippen molar-refractivity contribution in [2.24, 2.45) is 0 Å². The SMILES string of the molecule is CCC1(CC)CC(NC(=O)c2ccccc2O)CCO1. The number of rotatable bonds is 4. The van der Waals surface area contributed by atoms with Crippen LogP contribution >= 0.6 is 0 Å². The zero-order valence-corrected chi connectivity index (χ0v) is 12.2. The highest BCUT2D eigenvalue weighted by Gasteiger charge is 2.35. The lowest BCUT2D eigenvalue weighted by molar-refractivity contribution is -0.0917. The van der Waals surface area contributed by atoms with Gasteiger partial charge in [-0.3, -0.25) is 4.79 Å². The number of hydrogen-bond donors (Lipinski definition) is 2. The van der Waals surface area contributed by atoms with Crippen molar-refractivity contribution in [1.82, 2.24) is 5.32 Å². The van der Waals surface area contributed by atoms with Crippen LogP contribution in [0.1, 0.15) is 49.9 Å². The largest absolute Gasteiger partial charge is 0.507 e. The minimum absolute atomic E-state index is 0.0225. The van der Waals surface area contributed by atoms with Crippen LogP contribution in [0.15, 0.2) is 24.3 Å². The number of ether oxygens (including phenoxy) is 1. The third-order valence-corrected chi connectivity index (χ3v) is 4.27. The number of aromatic hydroxyl groups is 1. The Kier molecular flexibility index (Phi) is 4.65. The molecule has 110 valence electrons. The summed E-state index contributed by atoms with van der Waals surface area (Å²) in [4.78, 5) is 12.2. The summed E-state index contributed by atoms with van der Waals surface area (Å²) in [6.07, 6.45) is 3.55. The highest BCUT2D eigenvalue weighted by Crippen LogP contribution is 2.31. The second-order valence-electron chi connectivity index (χ2n) is 5.42. The lowest BCUT2D eigenvalue weighted by Gasteiger charge is -2.40. The number of carbonyl (C=O) groups is 1. The van der Waals surface area contributed by atoms with E-state index in [-0.39, 0.29) is 23.3 Å². The van der Waals surface area contributed by atoms with Gasteiger partial charge >= 0.3 is 0 Å². The predicted molar refractivity (Wildman–Crippen MR) is 77.9 cm³/mol. The highest BCUT2D eigenvalue weighted by molar-refractivity contribution is 5.96. The molecule has 0 spiro atoms. The lowest BCUT2D eigenvalue weighted by atomic mass is 9.86. The van der Waals surface area contributed by atoms with Gasteiger partial charge in [0, 0.05) is 12.6 Å². The molecule has 1 amide bonds. The highest BCUT2D eigenvalue weighted by atomic mass is 16.5. The molecule has 0 aromatic heterocycles. The van der Waals surface area contributed by atoms with E-state index < -0.39 is 0 Å². The first-order valence-electron chi connectivity index (χ1n) is 7.33. The molecule has 1 unspecified atom stereocenters. The molecule has 1 fully saturated rings. The van der Waals surface area contributed by atoms with E-state index in [0.717, 1.165) is 25.7 Å². The van der Waals surface area contributed by atoms with Crippen LogP contribution in [0.2, 0.25) is 0 Å². The van der Waals surface area contributed by atoms with E-state index in [4.69, 9.17) is 4.74 Å². The zero-order chi connectivity index (χ0) is 14.6. The van der Waals surface area contributed by atoms with E-state index >= 15 is 0 Å². The predicted octanol–water partition coefficient (Wildman–Crippen LogP) is 2.86. The fraction of sp³-hybridized carbons (Fsp3) is 0.562. The van der Waals surface area contributed by atoms with Crippen LogP contribution in [0.4, 0.5) is 0 Å². The smallest absolute Gasteiger partial charge is 0.255 e. The Morgan fingerprint density at radius 3 is 2.75 bits per heavy atom. The third-order valence-electron chi connectivity index (χ3n) is 4.27. The van der Waals surface area contributed by atoms with Crippen molar-refractivity contribution in [2.45, 2.75) is 51.2 Å². The van der Waals surface area contributed by atoms with Gasteiger partial charge in [0.2, 0.25) is 0 Å². The maximum atomic E-state index is 12.2. The summed E-state index contributed by atoms with van der Waals surface area (Å²) in [6, 6.07) is 6.73. The molecule has 1 heterocycles. The average molecular weight is 277 g/mol. The van der Waals surface area contributed by atoms with Gasteiger partial charge in [-0.25, -0.2) is 0 Å². The van der Waals surface area contributed by atoms with Crippen molar-refractivity contribution in [1.29, 1.82) is 0 Å². The maximum Gasteiger partial charge on any atom is 0.255 e. The first kappa shape index (κ1) is 14.9. The average Bonchev–Trinajstić information content (AvgIpc) is 2.47. The molecule has 20 heavy (non-hydrogen) atoms. The van der Waals surface area contributed by atoms with Crippen LogP contribution in [0.5, 0.6) is 5.75 Å². The number of para-hydroxylation sites is 1. The molecule has 4 nitrogen and oxygen atoms in total. The Morgan fingerprint density at radius 1 is 1.40 bits per heavy atom. The molecule has 1 aromatic rings. The lowest BCUT2D eigenvalue weighted by Crippen LogP contribution is -2.48. The van der Waals surface area contributed by atoms with Crippen molar-refractivity contribution in [3.63, 3.8) is 0 Å². The Labute approximate surface area is 120 Å². The van der Waals surface area contributed by atoms with Crippen LogP contribution in [-0.2, 0) is 4.74 Å². The van der Waals surface area contributed by atoms with Gasteiger partial charge in [0.1, 0.15) is 5.75 Å². The summed E-state index contributed by atoms with van der Waals surface area (Å²) in [5, 5.41) is 12.7. The number of carbonyl (C=O) groups excluding carboxylic acids is 1. The molecular weight excluding hydrogens is 254 g/mol. The molecule has 1 aromatic carbocycles. The normalized spacial score (nSPS) is 21.4. The van der Waals surface area contributed by atoms with Crippen LogP contribution < -0.4 is 5.32 Å². The summed E-state index contributed by atoms with van der Waals surface area (Å²) in [5.41, 5.74) is 0.215. The Morgan fingerprint density at radius 2 is 2.10 bits per heavy atom. The first-order chi connectivity index (χ1) is 9.60. The minimum Gasteiger partial charge on any atom is -0.507 e. The molecule has 4 heteroatoms. The molecule has 2 rings (SSSR count). The van der Waals surface area contributed by atoms with Gasteiger partial charge < -0.3 is 15.2 Å². The molecule has 2 N–H and O–H groups in total. The van der Waals surface area contributed by atoms with Crippen molar-refractivity contribution in [3.05, 3.63) is 29.8 Å². The Balaban J connectivity index is 2.03. The maximum absolute atomic E-state index is 12.2. The number of nitrogens with one attached hydrogen (secondary N) is 1. The fourth-order valence-electron chi connectivity index (χ4n) is 2.82. The van der Waals surface area contributed by atoms with Crippen LogP contribution in [0.25, 0.3) is 0 Å². The van der Waals surface area contributed by atoms with Crippen molar-refractivity contribution in [3.8, 4) is 5.75 Å². The van der Waals surface area contributed by atoms with Gasteiger partial charge in [0.25, 0.3) is 5.91 Å². The van der Waals surface area contributed by atoms with Gasteiger partial charge in [-0.1, -0.05) is 26.0 Å². The van der Waals surface area contributed by atoms with E-state index in [1.807, 2.05) is 0 Å². The number of hydrogen-bond acceptors (Lipinski definition) is 3. The van der Waals surface area contributed by atoms with E-state index in [9.17, 15) is 9.90 Å². The first-order valence-corrected chi connectivity index (χ1v) is 7.33. The molecule has 1 aliphatic heterocycles. The van der Waals surface area contributed by atoms with E-state index in [1.165, 1.54) is 6.07 Å². The van der Waals surface area contributed by atoms with Gasteiger partial charge in [-0.2, -0.15) is 0 Å². The van der Waals surface area contributed by atoms with Crippen molar-refractivity contribution >= 4 is 5.91 Å². The molecule has 0 aliphatic carbocycles. The fourth-order valence-corrected chi connectivity index (χ4v) is 2.82. The quantitative estimate of drug-likeness (QED) is 0.889. The summed E-state index contributed by atoms with van der Waals surface area (Å²) in [5.74, 6) is -0.189. The van der Waals surface area contributed by atoms with Crippen LogP contribution in [0, 0.1) is 0 Å². The molecule has 1 atom stereocenters. The van der Waals surface area contributed by atoms with Gasteiger partial charge in [-0.05, 0) is 37.8 Å². The van der Waals surface area contributed by atoms with E-state index in [1.54, 1.807) is 18.2 Å². The monoisotopic (exact) mass is 277 g/mol. The molecule has 0 radical (unpaired) electrons. The molecule has 1 saturated heterocycles. The Hall–Kier alpha value is -1.55. The summed E-state index contributed by atoms with van der Waals surface area (Å²) >= 11 is 0. The van der Waals surface area contributed by atoms with Crippen molar-refractivity contribution in [2.75, 3.05) is 6.61 Å². The second-order valence-corrected chi connectivity index (χ2v) is 5.42. The summed E-state index contributed by atoms with van der Waals surface area (Å²) in [7, 11) is 0. The second kappa shape index (κ2) is 6.27. The summed E-state index contributed by atoms with van der Waals surface area (Å²) < 4.78 is 5.90. The summed E-state index contributed by atoms with van der Waals surface area (Å²) in [6.45, 7) is 4.92. The van der Waals surface area contributed by atoms with E-state index in [2.05, 4.69) is 19.2 Å². The zero-order valence-electron chi connectivity index (χ0n) is 12.2. The number of amides is 1. The van der Waals surface area contributed by atoms with Crippen LogP contribution in [-0.4, -0.2) is 29.3 Å². The molecular formula is C16H23NO3.